The molecule has 10 heteroatoms. The van der Waals surface area contributed by atoms with Gasteiger partial charge < -0.3 is 20.1 Å². The normalized spacial score (nSPS) is 11.4. The predicted octanol–water partition coefficient (Wildman–Crippen LogP) is 5.38. The van der Waals surface area contributed by atoms with E-state index in [4.69, 9.17) is 21.1 Å². The van der Waals surface area contributed by atoms with Crippen molar-refractivity contribution in [2.45, 2.75) is 12.5 Å². The second-order valence-electron chi connectivity index (χ2n) is 9.03. The lowest BCUT2D eigenvalue weighted by atomic mass is 10.0. The Balaban J connectivity index is 1.33. The van der Waals surface area contributed by atoms with Crippen LogP contribution in [0.3, 0.4) is 0 Å². The predicted molar refractivity (Wildman–Crippen MR) is 162 cm³/mol. The molecule has 1 atom stereocenters. The summed E-state index contributed by atoms with van der Waals surface area (Å²) in [5.74, 6) is -0.315. The van der Waals surface area contributed by atoms with Gasteiger partial charge >= 0.3 is 0 Å². The van der Waals surface area contributed by atoms with Crippen LogP contribution in [0, 0.1) is 0 Å². The van der Waals surface area contributed by atoms with Gasteiger partial charge in [-0.25, -0.2) is 5.43 Å². The Morgan fingerprint density at radius 2 is 1.55 bits per heavy atom. The van der Waals surface area contributed by atoms with Crippen LogP contribution in [0.15, 0.2) is 108 Å². The Bertz CT molecular complexity index is 1550. The summed E-state index contributed by atoms with van der Waals surface area (Å²) < 4.78 is 11.0. The van der Waals surface area contributed by atoms with Gasteiger partial charge in [0.25, 0.3) is 11.8 Å². The molecule has 0 saturated carbocycles. The Hall–Kier alpha value is -5.15. The molecule has 0 unspecified atom stereocenters. The van der Waals surface area contributed by atoms with E-state index in [0.717, 1.165) is 5.56 Å². The lowest BCUT2D eigenvalue weighted by Gasteiger charge is -2.18. The molecule has 4 aromatic rings. The molecule has 0 aliphatic heterocycles. The number of hydrogen-bond donors (Lipinski definition) is 3. The van der Waals surface area contributed by atoms with Crippen molar-refractivity contribution in [1.82, 2.24) is 10.7 Å². The van der Waals surface area contributed by atoms with Crippen molar-refractivity contribution in [3.63, 3.8) is 0 Å². The third-order valence-corrected chi connectivity index (χ3v) is 6.36. The van der Waals surface area contributed by atoms with E-state index in [1.807, 2.05) is 36.4 Å². The molecule has 0 bridgehead atoms. The summed E-state index contributed by atoms with van der Waals surface area (Å²) in [6.45, 7) is -0.255. The Morgan fingerprint density at radius 1 is 0.857 bits per heavy atom. The van der Waals surface area contributed by atoms with Crippen LogP contribution in [0.4, 0.5) is 5.69 Å². The van der Waals surface area contributed by atoms with Gasteiger partial charge in [-0.15, -0.1) is 0 Å². The van der Waals surface area contributed by atoms with Crippen LogP contribution in [-0.4, -0.2) is 37.7 Å². The van der Waals surface area contributed by atoms with E-state index < -0.39 is 6.04 Å². The number of hydrazone groups is 1. The zero-order chi connectivity index (χ0) is 29.7. The number of ether oxygens (including phenoxy) is 2. The lowest BCUT2D eigenvalue weighted by Crippen LogP contribution is -2.32. The van der Waals surface area contributed by atoms with E-state index in [9.17, 15) is 14.4 Å². The van der Waals surface area contributed by atoms with Gasteiger partial charge in [-0.1, -0.05) is 72.3 Å². The smallest absolute Gasteiger partial charge is 0.262 e. The van der Waals surface area contributed by atoms with E-state index in [2.05, 4.69) is 21.2 Å². The molecular formula is C32H29ClN4O5. The van der Waals surface area contributed by atoms with Crippen molar-refractivity contribution in [2.75, 3.05) is 19.0 Å². The fourth-order valence-corrected chi connectivity index (χ4v) is 4.14. The first-order valence-corrected chi connectivity index (χ1v) is 13.4. The van der Waals surface area contributed by atoms with E-state index in [1.165, 1.54) is 13.3 Å². The fourth-order valence-electron chi connectivity index (χ4n) is 3.95. The highest BCUT2D eigenvalue weighted by Gasteiger charge is 2.19. The maximum atomic E-state index is 12.8. The maximum absolute atomic E-state index is 12.8. The number of halogens is 1. The van der Waals surface area contributed by atoms with Crippen LogP contribution < -0.4 is 25.5 Å². The molecule has 0 radical (unpaired) electrons. The van der Waals surface area contributed by atoms with Crippen LogP contribution in [0.25, 0.3) is 0 Å². The number of nitrogens with one attached hydrogen (secondary N) is 3. The maximum Gasteiger partial charge on any atom is 0.262 e. The van der Waals surface area contributed by atoms with Gasteiger partial charge in [-0.05, 0) is 53.6 Å². The molecule has 0 aliphatic carbocycles. The summed E-state index contributed by atoms with van der Waals surface area (Å²) in [6, 6.07) is 29.4. The number of anilines is 1. The van der Waals surface area contributed by atoms with Crippen molar-refractivity contribution < 1.29 is 23.9 Å². The van der Waals surface area contributed by atoms with Crippen molar-refractivity contribution in [3.8, 4) is 11.5 Å². The molecule has 0 saturated heterocycles. The standard InChI is InChI=1S/C32H29ClN4O5/c1-41-29-18-22(16-17-28(29)42-21-31(39)35-26-15-9-8-14-25(26)33)20-34-37-30(38)19-27(23-10-4-2-5-11-23)36-32(40)24-12-6-3-7-13-24/h2-18,20,27H,19,21H2,1H3,(H,35,39)(H,36,40)(H,37,38)/b34-20-/t27-/m1/s1. The summed E-state index contributed by atoms with van der Waals surface area (Å²) in [4.78, 5) is 37.8. The van der Waals surface area contributed by atoms with Crippen molar-refractivity contribution >= 4 is 41.2 Å². The highest BCUT2D eigenvalue weighted by Crippen LogP contribution is 2.28. The van der Waals surface area contributed by atoms with Gasteiger partial charge in [0.2, 0.25) is 5.91 Å². The average Bonchev–Trinajstić information content (AvgIpc) is 3.02. The zero-order valence-electron chi connectivity index (χ0n) is 22.8. The zero-order valence-corrected chi connectivity index (χ0v) is 23.5. The second-order valence-corrected chi connectivity index (χ2v) is 9.43. The van der Waals surface area contributed by atoms with Crippen LogP contribution in [0.5, 0.6) is 11.5 Å². The van der Waals surface area contributed by atoms with Gasteiger partial charge in [0, 0.05) is 5.56 Å². The third kappa shape index (κ3) is 8.67. The molecule has 0 heterocycles. The Kier molecular flexibility index (Phi) is 10.7. The number of carbonyl (C=O) groups excluding carboxylic acids is 3. The lowest BCUT2D eigenvalue weighted by molar-refractivity contribution is -0.121. The largest absolute Gasteiger partial charge is 0.493 e. The number of methoxy groups -OCH3 is 1. The summed E-state index contributed by atoms with van der Waals surface area (Å²) in [5.41, 5.74) is 4.91. The van der Waals surface area contributed by atoms with Crippen LogP contribution in [0.2, 0.25) is 5.02 Å². The molecule has 0 fully saturated rings. The molecule has 0 spiro atoms. The number of benzene rings is 4. The Labute approximate surface area is 248 Å². The molecule has 3 amide bonds. The molecule has 3 N–H and O–H groups in total. The number of hydrogen-bond acceptors (Lipinski definition) is 6. The van der Waals surface area contributed by atoms with Gasteiger partial charge in [-0.2, -0.15) is 5.10 Å². The minimum atomic E-state index is -0.555. The van der Waals surface area contributed by atoms with Crippen molar-refractivity contribution in [2.24, 2.45) is 5.10 Å². The number of amides is 3. The van der Waals surface area contributed by atoms with Crippen molar-refractivity contribution in [3.05, 3.63) is 125 Å². The van der Waals surface area contributed by atoms with E-state index in [0.29, 0.717) is 33.3 Å². The molecule has 214 valence electrons. The molecule has 0 aromatic heterocycles. The molecule has 4 rings (SSSR count). The van der Waals surface area contributed by atoms with E-state index in [1.54, 1.807) is 66.7 Å². The topological polar surface area (TPSA) is 118 Å². The first kappa shape index (κ1) is 29.8. The monoisotopic (exact) mass is 584 g/mol. The van der Waals surface area contributed by atoms with Crippen LogP contribution in [-0.2, 0) is 9.59 Å². The van der Waals surface area contributed by atoms with E-state index in [-0.39, 0.29) is 30.7 Å². The summed E-state index contributed by atoms with van der Waals surface area (Å²) in [7, 11) is 1.47. The summed E-state index contributed by atoms with van der Waals surface area (Å²) in [6.07, 6.45) is 1.43. The number of nitrogens with zero attached hydrogens (tertiary/aromatic N) is 1. The number of rotatable bonds is 12. The number of carbonyl (C=O) groups is 3. The molecule has 9 nitrogen and oxygen atoms in total. The summed E-state index contributed by atoms with van der Waals surface area (Å²) in [5, 5.41) is 10.1. The third-order valence-electron chi connectivity index (χ3n) is 6.03. The Morgan fingerprint density at radius 3 is 2.26 bits per heavy atom. The second kappa shape index (κ2) is 15.0. The number of para-hydroxylation sites is 1. The van der Waals surface area contributed by atoms with E-state index >= 15 is 0 Å². The molecule has 4 aromatic carbocycles. The molecular weight excluding hydrogens is 556 g/mol. The molecule has 0 aliphatic rings. The molecule has 42 heavy (non-hydrogen) atoms. The van der Waals surface area contributed by atoms with Gasteiger partial charge in [-0.3, -0.25) is 14.4 Å². The first-order valence-electron chi connectivity index (χ1n) is 13.0. The van der Waals surface area contributed by atoms with Crippen molar-refractivity contribution in [1.29, 1.82) is 0 Å². The fraction of sp³-hybridized carbons (Fsp3) is 0.125. The highest BCUT2D eigenvalue weighted by molar-refractivity contribution is 6.33. The van der Waals surface area contributed by atoms with Gasteiger partial charge in [0.05, 0.1) is 36.5 Å². The first-order chi connectivity index (χ1) is 20.4. The van der Waals surface area contributed by atoms with Gasteiger partial charge in [0.15, 0.2) is 18.1 Å². The minimum absolute atomic E-state index is 0.0215. The highest BCUT2D eigenvalue weighted by atomic mass is 35.5. The van der Waals surface area contributed by atoms with Crippen LogP contribution in [0.1, 0.15) is 33.9 Å². The SMILES string of the molecule is COc1cc(/C=N\NC(=O)C[C@@H](NC(=O)c2ccccc2)c2ccccc2)ccc1OCC(=O)Nc1ccccc1Cl. The quantitative estimate of drug-likeness (QED) is 0.153. The summed E-state index contributed by atoms with van der Waals surface area (Å²) >= 11 is 6.08. The van der Waals surface area contributed by atoms with Crippen LogP contribution >= 0.6 is 11.6 Å². The average molecular weight is 585 g/mol. The van der Waals surface area contributed by atoms with Gasteiger partial charge in [0.1, 0.15) is 0 Å². The minimum Gasteiger partial charge on any atom is -0.493 e.